The molecule has 0 unspecified atom stereocenters. The highest BCUT2D eigenvalue weighted by Gasteiger charge is 2.26. The van der Waals surface area contributed by atoms with Gasteiger partial charge in [-0.25, -0.2) is 9.97 Å². The summed E-state index contributed by atoms with van der Waals surface area (Å²) >= 11 is 0. The van der Waals surface area contributed by atoms with E-state index >= 15 is 0 Å². The molecule has 1 aliphatic heterocycles. The second-order valence-corrected chi connectivity index (χ2v) is 5.28. The van der Waals surface area contributed by atoms with E-state index in [1.54, 1.807) is 0 Å². The Labute approximate surface area is 123 Å². The first-order valence-electron chi connectivity index (χ1n) is 7.16. The van der Waals surface area contributed by atoms with Crippen molar-refractivity contribution in [1.82, 2.24) is 15.0 Å². The first-order chi connectivity index (χ1) is 10.3. The third kappa shape index (κ3) is 3.11. The molecule has 1 saturated heterocycles. The lowest BCUT2D eigenvalue weighted by Crippen LogP contribution is -2.33. The average molecular weight is 285 g/mol. The number of nitrogens with one attached hydrogen (secondary N) is 1. The van der Waals surface area contributed by atoms with E-state index in [1.807, 2.05) is 36.1 Å². The second-order valence-electron chi connectivity index (χ2n) is 5.28. The summed E-state index contributed by atoms with van der Waals surface area (Å²) in [7, 11) is 0. The van der Waals surface area contributed by atoms with E-state index in [0.29, 0.717) is 11.9 Å². The van der Waals surface area contributed by atoms with E-state index in [2.05, 4.69) is 20.3 Å². The van der Waals surface area contributed by atoms with E-state index in [1.165, 1.54) is 11.9 Å². The highest BCUT2D eigenvalue weighted by atomic mass is 16.3. The Morgan fingerprint density at radius 1 is 1.38 bits per heavy atom. The van der Waals surface area contributed by atoms with E-state index in [9.17, 15) is 5.11 Å². The SMILES string of the molecule is Cc1cccc(Nc2ncnc(N3CCC[C@@H]3CO)n2)c1. The van der Waals surface area contributed by atoms with Gasteiger partial charge in [-0.1, -0.05) is 12.1 Å². The van der Waals surface area contributed by atoms with Crippen LogP contribution in [0.25, 0.3) is 0 Å². The highest BCUT2D eigenvalue weighted by Crippen LogP contribution is 2.23. The van der Waals surface area contributed by atoms with Gasteiger partial charge in [0.15, 0.2) is 0 Å². The van der Waals surface area contributed by atoms with E-state index in [0.717, 1.165) is 25.1 Å². The molecule has 0 amide bonds. The maximum Gasteiger partial charge on any atom is 0.231 e. The largest absolute Gasteiger partial charge is 0.394 e. The van der Waals surface area contributed by atoms with Crippen LogP contribution >= 0.6 is 0 Å². The van der Waals surface area contributed by atoms with Crippen LogP contribution in [0, 0.1) is 6.92 Å². The minimum Gasteiger partial charge on any atom is -0.394 e. The Kier molecular flexibility index (Phi) is 3.96. The van der Waals surface area contributed by atoms with Crippen LogP contribution in [0.5, 0.6) is 0 Å². The van der Waals surface area contributed by atoms with Gasteiger partial charge in [0, 0.05) is 12.2 Å². The van der Waals surface area contributed by atoms with Crippen molar-refractivity contribution in [3.63, 3.8) is 0 Å². The van der Waals surface area contributed by atoms with Crippen LogP contribution in [0.1, 0.15) is 18.4 Å². The zero-order chi connectivity index (χ0) is 14.7. The smallest absolute Gasteiger partial charge is 0.231 e. The van der Waals surface area contributed by atoms with Crippen LogP contribution in [-0.2, 0) is 0 Å². The van der Waals surface area contributed by atoms with Crippen molar-refractivity contribution in [2.75, 3.05) is 23.4 Å². The molecule has 0 radical (unpaired) electrons. The maximum atomic E-state index is 9.40. The number of hydrogen-bond acceptors (Lipinski definition) is 6. The number of hydrogen-bond donors (Lipinski definition) is 2. The summed E-state index contributed by atoms with van der Waals surface area (Å²) in [5.41, 5.74) is 2.13. The number of rotatable bonds is 4. The molecule has 1 aliphatic rings. The van der Waals surface area contributed by atoms with Crippen molar-refractivity contribution in [3.8, 4) is 0 Å². The molecular formula is C15H19N5O. The highest BCUT2D eigenvalue weighted by molar-refractivity contribution is 5.55. The third-order valence-electron chi connectivity index (χ3n) is 3.68. The first-order valence-corrected chi connectivity index (χ1v) is 7.16. The number of aliphatic hydroxyl groups excluding tert-OH is 1. The molecule has 6 nitrogen and oxygen atoms in total. The van der Waals surface area contributed by atoms with Crippen LogP contribution in [0.2, 0.25) is 0 Å². The van der Waals surface area contributed by atoms with Gasteiger partial charge in [0.05, 0.1) is 12.6 Å². The number of benzene rings is 1. The lowest BCUT2D eigenvalue weighted by molar-refractivity contribution is 0.265. The van der Waals surface area contributed by atoms with Crippen molar-refractivity contribution in [3.05, 3.63) is 36.2 Å². The summed E-state index contributed by atoms with van der Waals surface area (Å²) in [6.07, 6.45) is 3.54. The first kappa shape index (κ1) is 13.8. The van der Waals surface area contributed by atoms with Crippen molar-refractivity contribution in [1.29, 1.82) is 0 Å². The summed E-state index contributed by atoms with van der Waals surface area (Å²) in [4.78, 5) is 14.9. The Bertz CT molecular complexity index is 619. The van der Waals surface area contributed by atoms with Crippen LogP contribution in [0.4, 0.5) is 17.6 Å². The lowest BCUT2D eigenvalue weighted by Gasteiger charge is -2.22. The van der Waals surface area contributed by atoms with Gasteiger partial charge in [0.25, 0.3) is 0 Å². The molecule has 2 aromatic rings. The predicted molar refractivity (Wildman–Crippen MR) is 81.7 cm³/mol. The topological polar surface area (TPSA) is 74.2 Å². The summed E-state index contributed by atoms with van der Waals surface area (Å²) in [6.45, 7) is 3.05. The zero-order valence-electron chi connectivity index (χ0n) is 12.0. The van der Waals surface area contributed by atoms with Crippen molar-refractivity contribution in [2.24, 2.45) is 0 Å². The van der Waals surface area contributed by atoms with Gasteiger partial charge in [-0.2, -0.15) is 4.98 Å². The number of aromatic nitrogens is 3. The Hall–Kier alpha value is -2.21. The molecule has 3 rings (SSSR count). The lowest BCUT2D eigenvalue weighted by atomic mass is 10.2. The molecular weight excluding hydrogens is 266 g/mol. The minimum absolute atomic E-state index is 0.110. The molecule has 0 spiro atoms. The molecule has 21 heavy (non-hydrogen) atoms. The number of anilines is 3. The monoisotopic (exact) mass is 285 g/mol. The minimum atomic E-state index is 0.110. The quantitative estimate of drug-likeness (QED) is 0.893. The maximum absolute atomic E-state index is 9.40. The van der Waals surface area contributed by atoms with E-state index < -0.39 is 0 Å². The van der Waals surface area contributed by atoms with Gasteiger partial charge < -0.3 is 15.3 Å². The molecule has 2 N–H and O–H groups in total. The Balaban J connectivity index is 1.80. The van der Waals surface area contributed by atoms with E-state index in [-0.39, 0.29) is 12.6 Å². The molecule has 6 heteroatoms. The number of nitrogens with zero attached hydrogens (tertiary/aromatic N) is 4. The average Bonchev–Trinajstić information content (AvgIpc) is 2.96. The van der Waals surface area contributed by atoms with Crippen LogP contribution in [-0.4, -0.2) is 39.3 Å². The second kappa shape index (κ2) is 6.05. The summed E-state index contributed by atoms with van der Waals surface area (Å²) < 4.78 is 0. The zero-order valence-corrected chi connectivity index (χ0v) is 12.0. The fraction of sp³-hybridized carbons (Fsp3) is 0.400. The molecule has 1 atom stereocenters. The van der Waals surface area contributed by atoms with Gasteiger partial charge in [-0.3, -0.25) is 0 Å². The van der Waals surface area contributed by atoms with Gasteiger partial charge in [-0.15, -0.1) is 0 Å². The molecule has 0 bridgehead atoms. The molecule has 1 aromatic carbocycles. The fourth-order valence-electron chi connectivity index (χ4n) is 2.63. The number of aryl methyl sites for hydroxylation is 1. The van der Waals surface area contributed by atoms with Crippen molar-refractivity contribution >= 4 is 17.6 Å². The van der Waals surface area contributed by atoms with Gasteiger partial charge in [-0.05, 0) is 37.5 Å². The molecule has 0 saturated carbocycles. The summed E-state index contributed by atoms with van der Waals surface area (Å²) in [5, 5.41) is 12.6. The van der Waals surface area contributed by atoms with Gasteiger partial charge in [0.1, 0.15) is 6.33 Å². The molecule has 1 fully saturated rings. The summed E-state index contributed by atoms with van der Waals surface area (Å²) in [5.74, 6) is 1.14. The van der Waals surface area contributed by atoms with Crippen LogP contribution < -0.4 is 10.2 Å². The van der Waals surface area contributed by atoms with Crippen molar-refractivity contribution < 1.29 is 5.11 Å². The van der Waals surface area contributed by atoms with Crippen molar-refractivity contribution in [2.45, 2.75) is 25.8 Å². The molecule has 2 heterocycles. The fourth-order valence-corrected chi connectivity index (χ4v) is 2.63. The number of aliphatic hydroxyl groups is 1. The van der Waals surface area contributed by atoms with Crippen LogP contribution in [0.3, 0.4) is 0 Å². The molecule has 110 valence electrons. The Morgan fingerprint density at radius 2 is 2.29 bits per heavy atom. The van der Waals surface area contributed by atoms with Crippen LogP contribution in [0.15, 0.2) is 30.6 Å². The molecule has 0 aliphatic carbocycles. The standard InChI is InChI=1S/C15H19N5O/c1-11-4-2-5-12(8-11)18-14-16-10-17-15(19-14)20-7-3-6-13(20)9-21/h2,4-5,8,10,13,21H,3,6-7,9H2,1H3,(H,16,17,18,19)/t13-/m1/s1. The molecule has 1 aromatic heterocycles. The Morgan fingerprint density at radius 3 is 3.10 bits per heavy atom. The summed E-state index contributed by atoms with van der Waals surface area (Å²) in [6, 6.07) is 8.15. The van der Waals surface area contributed by atoms with Gasteiger partial charge >= 0.3 is 0 Å². The normalized spacial score (nSPS) is 18.0. The predicted octanol–water partition coefficient (Wildman–Crippen LogP) is 1.88. The van der Waals surface area contributed by atoms with Gasteiger partial charge in [0.2, 0.25) is 11.9 Å². The third-order valence-corrected chi connectivity index (χ3v) is 3.68. The van der Waals surface area contributed by atoms with E-state index in [4.69, 9.17) is 0 Å².